The average molecular weight is 302 g/mol. The molecular formula is C20H30O2. The van der Waals surface area contributed by atoms with Crippen molar-refractivity contribution in [2.75, 3.05) is 0 Å². The number of allylic oxidation sites excluding steroid dienone is 10. The molecule has 0 spiro atoms. The molecule has 0 amide bonds. The van der Waals surface area contributed by atoms with Crippen molar-refractivity contribution in [2.45, 2.75) is 58.3 Å². The van der Waals surface area contributed by atoms with E-state index in [0.717, 1.165) is 44.9 Å². The van der Waals surface area contributed by atoms with Gasteiger partial charge < -0.3 is 5.11 Å². The summed E-state index contributed by atoms with van der Waals surface area (Å²) in [7, 11) is 0. The quantitative estimate of drug-likeness (QED) is 0.335. The van der Waals surface area contributed by atoms with Crippen LogP contribution in [0.5, 0.6) is 0 Å². The Morgan fingerprint density at radius 2 is 1.14 bits per heavy atom. The van der Waals surface area contributed by atoms with Crippen molar-refractivity contribution in [3.63, 3.8) is 0 Å². The van der Waals surface area contributed by atoms with Gasteiger partial charge in [0.05, 0.1) is 0 Å². The molecule has 1 N–H and O–H groups in total. The molecule has 0 unspecified atom stereocenters. The van der Waals surface area contributed by atoms with Gasteiger partial charge in [-0.3, -0.25) is 4.79 Å². The molecule has 0 rings (SSSR count). The first-order valence-electron chi connectivity index (χ1n) is 8.24. The number of hydrogen-bond acceptors (Lipinski definition) is 1. The molecule has 22 heavy (non-hydrogen) atoms. The summed E-state index contributed by atoms with van der Waals surface area (Å²) in [4.78, 5) is 10.3. The molecule has 0 aliphatic carbocycles. The van der Waals surface area contributed by atoms with E-state index in [4.69, 9.17) is 5.11 Å². The van der Waals surface area contributed by atoms with E-state index in [-0.39, 0.29) is 6.42 Å². The highest BCUT2D eigenvalue weighted by Crippen LogP contribution is 1.99. The van der Waals surface area contributed by atoms with Crippen LogP contribution in [0.2, 0.25) is 0 Å². The minimum absolute atomic E-state index is 0.258. The highest BCUT2D eigenvalue weighted by molar-refractivity contribution is 5.66. The molecule has 0 bridgehead atoms. The number of carbonyl (C=O) groups is 1. The second-order valence-electron chi connectivity index (χ2n) is 4.99. The summed E-state index contributed by atoms with van der Waals surface area (Å²) < 4.78 is 0. The molecule has 2 heteroatoms. The van der Waals surface area contributed by atoms with Gasteiger partial charge in [-0.15, -0.1) is 0 Å². The Morgan fingerprint density at radius 3 is 1.55 bits per heavy atom. The third-order valence-electron chi connectivity index (χ3n) is 2.92. The predicted octanol–water partition coefficient (Wildman–Crippen LogP) is 5.99. The number of rotatable bonds is 13. The molecule has 0 heterocycles. The van der Waals surface area contributed by atoms with Gasteiger partial charge in [0.15, 0.2) is 0 Å². The van der Waals surface area contributed by atoms with Gasteiger partial charge in [-0.1, -0.05) is 67.7 Å². The molecule has 0 saturated heterocycles. The van der Waals surface area contributed by atoms with Crippen LogP contribution in [0.15, 0.2) is 60.8 Å². The fraction of sp³-hybridized carbons (Fsp3) is 0.450. The van der Waals surface area contributed by atoms with E-state index in [1.165, 1.54) is 0 Å². The van der Waals surface area contributed by atoms with E-state index in [9.17, 15) is 4.79 Å². The second kappa shape index (κ2) is 17.2. The van der Waals surface area contributed by atoms with Crippen LogP contribution >= 0.6 is 0 Å². The minimum atomic E-state index is -0.715. The molecule has 122 valence electrons. The lowest BCUT2D eigenvalue weighted by atomic mass is 10.2. The zero-order valence-corrected chi connectivity index (χ0v) is 13.8. The Balaban J connectivity index is 3.46. The van der Waals surface area contributed by atoms with Gasteiger partial charge in [0, 0.05) is 6.42 Å². The third-order valence-corrected chi connectivity index (χ3v) is 2.92. The Kier molecular flexibility index (Phi) is 15.8. The number of unbranched alkanes of at least 4 members (excludes halogenated alkanes) is 1. The van der Waals surface area contributed by atoms with Crippen LogP contribution in [0.1, 0.15) is 58.3 Å². The predicted molar refractivity (Wildman–Crippen MR) is 95.9 cm³/mol. The van der Waals surface area contributed by atoms with Crippen molar-refractivity contribution in [1.82, 2.24) is 0 Å². The number of aliphatic carboxylic acids is 1. The van der Waals surface area contributed by atoms with Gasteiger partial charge in [0.25, 0.3) is 0 Å². The van der Waals surface area contributed by atoms with Crippen LogP contribution in [0.4, 0.5) is 0 Å². The minimum Gasteiger partial charge on any atom is -0.481 e. The molecule has 0 aromatic carbocycles. The van der Waals surface area contributed by atoms with Crippen molar-refractivity contribution in [3.05, 3.63) is 60.8 Å². The molecule has 0 fully saturated rings. The second-order valence-corrected chi connectivity index (χ2v) is 4.99. The third kappa shape index (κ3) is 18.2. The van der Waals surface area contributed by atoms with E-state index in [1.807, 2.05) is 0 Å². The Bertz CT molecular complexity index is 398. The van der Waals surface area contributed by atoms with E-state index < -0.39 is 5.97 Å². The van der Waals surface area contributed by atoms with Crippen molar-refractivity contribution in [2.24, 2.45) is 0 Å². The largest absolute Gasteiger partial charge is 0.481 e. The topological polar surface area (TPSA) is 37.3 Å². The van der Waals surface area contributed by atoms with E-state index in [1.54, 1.807) is 0 Å². The molecular weight excluding hydrogens is 272 g/mol. The van der Waals surface area contributed by atoms with Crippen molar-refractivity contribution in [3.8, 4) is 0 Å². The first-order chi connectivity index (χ1) is 10.8. The standard InChI is InChI=1S/C20H30O2/c1-2-3-4-5-6-7-8-9-10-11-12-13-14-15-16-17-18-19-20(21)22/h3-4,6-7,9-10,12-13,15-16H,2,5,8,11,14,17-19H2,1H3,(H,21,22)/b4-3+,7-6+,10-9-,13-12-,16-15-. The van der Waals surface area contributed by atoms with Crippen LogP contribution in [-0.2, 0) is 4.79 Å². The zero-order chi connectivity index (χ0) is 16.3. The molecule has 0 aromatic heterocycles. The van der Waals surface area contributed by atoms with Crippen molar-refractivity contribution < 1.29 is 9.90 Å². The Hall–Kier alpha value is -1.83. The molecule has 0 saturated carbocycles. The van der Waals surface area contributed by atoms with Crippen LogP contribution < -0.4 is 0 Å². The molecule has 2 nitrogen and oxygen atoms in total. The smallest absolute Gasteiger partial charge is 0.303 e. The summed E-state index contributed by atoms with van der Waals surface area (Å²) in [5.41, 5.74) is 0. The van der Waals surface area contributed by atoms with Gasteiger partial charge in [-0.2, -0.15) is 0 Å². The molecule has 0 radical (unpaired) electrons. The zero-order valence-electron chi connectivity index (χ0n) is 13.8. The van der Waals surface area contributed by atoms with E-state index >= 15 is 0 Å². The fourth-order valence-corrected chi connectivity index (χ4v) is 1.74. The number of carboxylic acid groups (broad SMARTS) is 1. The highest BCUT2D eigenvalue weighted by atomic mass is 16.4. The van der Waals surface area contributed by atoms with Gasteiger partial charge in [0.1, 0.15) is 0 Å². The first-order valence-corrected chi connectivity index (χ1v) is 8.24. The normalized spacial score (nSPS) is 12.8. The summed E-state index contributed by atoms with van der Waals surface area (Å²) in [5, 5.41) is 8.49. The number of carboxylic acids is 1. The summed E-state index contributed by atoms with van der Waals surface area (Å²) in [6, 6.07) is 0. The number of hydrogen-bond donors (Lipinski definition) is 1. The summed E-state index contributed by atoms with van der Waals surface area (Å²) in [6.07, 6.45) is 28.4. The fourth-order valence-electron chi connectivity index (χ4n) is 1.74. The van der Waals surface area contributed by atoms with Gasteiger partial charge in [-0.25, -0.2) is 0 Å². The van der Waals surface area contributed by atoms with Gasteiger partial charge in [0.2, 0.25) is 0 Å². The first kappa shape index (κ1) is 20.2. The van der Waals surface area contributed by atoms with Crippen molar-refractivity contribution in [1.29, 1.82) is 0 Å². The van der Waals surface area contributed by atoms with Crippen LogP contribution in [0.3, 0.4) is 0 Å². The lowest BCUT2D eigenvalue weighted by molar-refractivity contribution is -0.137. The summed E-state index contributed by atoms with van der Waals surface area (Å²) in [5.74, 6) is -0.715. The van der Waals surface area contributed by atoms with Crippen LogP contribution in [0, 0.1) is 0 Å². The maximum Gasteiger partial charge on any atom is 0.303 e. The van der Waals surface area contributed by atoms with Crippen LogP contribution in [-0.4, -0.2) is 11.1 Å². The van der Waals surface area contributed by atoms with Gasteiger partial charge >= 0.3 is 5.97 Å². The maximum absolute atomic E-state index is 10.3. The van der Waals surface area contributed by atoms with E-state index in [0.29, 0.717) is 0 Å². The summed E-state index contributed by atoms with van der Waals surface area (Å²) >= 11 is 0. The molecule has 0 aromatic rings. The van der Waals surface area contributed by atoms with Crippen LogP contribution in [0.25, 0.3) is 0 Å². The molecule has 0 aliphatic rings. The van der Waals surface area contributed by atoms with Crippen molar-refractivity contribution >= 4 is 5.97 Å². The maximum atomic E-state index is 10.3. The highest BCUT2D eigenvalue weighted by Gasteiger charge is 1.92. The average Bonchev–Trinajstić information content (AvgIpc) is 2.50. The molecule has 0 atom stereocenters. The van der Waals surface area contributed by atoms with E-state index in [2.05, 4.69) is 67.7 Å². The SMILES string of the molecule is CC/C=C/C/C=C/C/C=C\C/C=C\C/C=C\CCCC(=O)O. The van der Waals surface area contributed by atoms with Gasteiger partial charge in [-0.05, 0) is 44.9 Å². The molecule has 0 aliphatic heterocycles. The lowest BCUT2D eigenvalue weighted by Gasteiger charge is -1.89. The summed E-state index contributed by atoms with van der Waals surface area (Å²) in [6.45, 7) is 2.14. The monoisotopic (exact) mass is 302 g/mol. The Labute approximate surface area is 135 Å². The lowest BCUT2D eigenvalue weighted by Crippen LogP contribution is -1.92. The Morgan fingerprint density at radius 1 is 0.727 bits per heavy atom.